The molecule has 0 N–H and O–H groups in total. The molecule has 2 atom stereocenters. The van der Waals surface area contributed by atoms with Crippen molar-refractivity contribution in [3.8, 4) is 0 Å². The number of aryl methyl sites for hydroxylation is 1. The van der Waals surface area contributed by atoms with Gasteiger partial charge in [-0.1, -0.05) is 35.9 Å². The monoisotopic (exact) mass is 279 g/mol. The number of hydrogen-bond acceptors (Lipinski definition) is 0. The zero-order valence-electron chi connectivity index (χ0n) is 11.8. The highest BCUT2D eigenvalue weighted by Crippen LogP contribution is 2.31. The van der Waals surface area contributed by atoms with E-state index in [-0.39, 0.29) is 10.9 Å². The fraction of sp³-hybridized carbons (Fsp3) is 0.211. The van der Waals surface area contributed by atoms with E-state index in [9.17, 15) is 0 Å². The largest absolute Gasteiger partial charge is 0.161 e. The minimum absolute atomic E-state index is 0.116. The summed E-state index contributed by atoms with van der Waals surface area (Å²) in [7, 11) is 0.116. The molecule has 100 valence electrons. The van der Waals surface area contributed by atoms with Crippen molar-refractivity contribution in [1.29, 1.82) is 0 Å². The lowest BCUT2D eigenvalue weighted by Crippen LogP contribution is -2.21. The number of rotatable bonds is 3. The highest BCUT2D eigenvalue weighted by molar-refractivity contribution is 7.97. The van der Waals surface area contributed by atoms with Gasteiger partial charge in [-0.05, 0) is 43.7 Å². The van der Waals surface area contributed by atoms with Crippen LogP contribution in [0.2, 0.25) is 0 Å². The maximum absolute atomic E-state index is 3.32. The fourth-order valence-corrected chi connectivity index (χ4v) is 4.95. The molecule has 2 unspecified atom stereocenters. The van der Waals surface area contributed by atoms with Gasteiger partial charge in [0.2, 0.25) is 0 Å². The minimum atomic E-state index is 0.116. The van der Waals surface area contributed by atoms with Gasteiger partial charge in [-0.2, -0.15) is 0 Å². The van der Waals surface area contributed by atoms with Crippen LogP contribution in [-0.4, -0.2) is 5.25 Å². The molecular formula is C19H19S+. The van der Waals surface area contributed by atoms with E-state index < -0.39 is 0 Å². The van der Waals surface area contributed by atoms with Crippen molar-refractivity contribution in [3.63, 3.8) is 0 Å². The van der Waals surface area contributed by atoms with Gasteiger partial charge >= 0.3 is 0 Å². The minimum Gasteiger partial charge on any atom is -0.124 e. The second kappa shape index (κ2) is 6.17. The first kappa shape index (κ1) is 13.3. The van der Waals surface area contributed by atoms with Crippen LogP contribution in [-0.2, 0) is 10.9 Å². The highest BCUT2D eigenvalue weighted by Gasteiger charge is 2.33. The van der Waals surface area contributed by atoms with Crippen molar-refractivity contribution in [3.05, 3.63) is 78.0 Å². The first-order chi connectivity index (χ1) is 9.84. The maximum atomic E-state index is 3.32. The Morgan fingerprint density at radius 3 is 2.30 bits per heavy atom. The lowest BCUT2D eigenvalue weighted by molar-refractivity contribution is 0.859. The zero-order valence-corrected chi connectivity index (χ0v) is 12.6. The smallest absolute Gasteiger partial charge is 0.124 e. The standard InChI is InChI=1S/C19H19S/c1-16-12-14-19(15-13-16)20(17-8-4-2-5-9-17)18-10-6-3-7-11-18/h2-5,8-9,11-15,18H,6,10H2,1H3/q+1. The molecule has 20 heavy (non-hydrogen) atoms. The molecule has 3 rings (SSSR count). The summed E-state index contributed by atoms with van der Waals surface area (Å²) in [5.74, 6) is 0. The third kappa shape index (κ3) is 2.90. The third-order valence-electron chi connectivity index (χ3n) is 3.57. The van der Waals surface area contributed by atoms with Gasteiger partial charge < -0.3 is 0 Å². The zero-order chi connectivity index (χ0) is 13.8. The third-order valence-corrected chi connectivity index (χ3v) is 6.11. The highest BCUT2D eigenvalue weighted by atomic mass is 32.2. The number of benzene rings is 2. The molecule has 0 amide bonds. The Morgan fingerprint density at radius 2 is 1.65 bits per heavy atom. The van der Waals surface area contributed by atoms with Crippen LogP contribution < -0.4 is 0 Å². The van der Waals surface area contributed by atoms with E-state index in [0.29, 0.717) is 5.25 Å². The summed E-state index contributed by atoms with van der Waals surface area (Å²) in [5, 5.41) is 0.574. The van der Waals surface area contributed by atoms with E-state index in [1.165, 1.54) is 21.8 Å². The van der Waals surface area contributed by atoms with Gasteiger partial charge in [-0.15, -0.1) is 5.73 Å². The molecule has 0 heterocycles. The van der Waals surface area contributed by atoms with Crippen LogP contribution in [0.5, 0.6) is 0 Å². The normalized spacial score (nSPS) is 18.9. The Balaban J connectivity index is 2.03. The molecular weight excluding hydrogens is 260 g/mol. The summed E-state index contributed by atoms with van der Waals surface area (Å²) in [5.41, 5.74) is 4.65. The van der Waals surface area contributed by atoms with Gasteiger partial charge in [-0.3, -0.25) is 0 Å². The van der Waals surface area contributed by atoms with E-state index in [1.807, 2.05) is 0 Å². The average molecular weight is 279 g/mol. The molecule has 2 aromatic carbocycles. The van der Waals surface area contributed by atoms with Crippen LogP contribution in [0.4, 0.5) is 0 Å². The van der Waals surface area contributed by atoms with Crippen molar-refractivity contribution in [2.75, 3.05) is 0 Å². The summed E-state index contributed by atoms with van der Waals surface area (Å²) in [6.45, 7) is 2.15. The second-order valence-corrected chi connectivity index (χ2v) is 7.34. The van der Waals surface area contributed by atoms with Crippen molar-refractivity contribution in [1.82, 2.24) is 0 Å². The Bertz CT molecular complexity index is 619. The quantitative estimate of drug-likeness (QED) is 0.553. The molecule has 0 spiro atoms. The van der Waals surface area contributed by atoms with Gasteiger partial charge in [0.05, 0.1) is 10.9 Å². The molecule has 0 radical (unpaired) electrons. The van der Waals surface area contributed by atoms with Gasteiger partial charge in [0.25, 0.3) is 0 Å². The molecule has 1 aliphatic rings. The Morgan fingerprint density at radius 1 is 0.950 bits per heavy atom. The molecule has 2 aromatic rings. The van der Waals surface area contributed by atoms with Crippen LogP contribution in [0.3, 0.4) is 0 Å². The van der Waals surface area contributed by atoms with Gasteiger partial charge in [0.15, 0.2) is 15.0 Å². The maximum Gasteiger partial charge on any atom is 0.161 e. The average Bonchev–Trinajstić information content (AvgIpc) is 2.52. The van der Waals surface area contributed by atoms with Crippen LogP contribution in [0.15, 0.2) is 82.3 Å². The van der Waals surface area contributed by atoms with Crippen LogP contribution in [0.1, 0.15) is 18.4 Å². The van der Waals surface area contributed by atoms with E-state index in [1.54, 1.807) is 0 Å². The molecule has 1 aliphatic carbocycles. The first-order valence-corrected chi connectivity index (χ1v) is 8.39. The van der Waals surface area contributed by atoms with E-state index in [2.05, 4.69) is 79.4 Å². The van der Waals surface area contributed by atoms with Crippen LogP contribution in [0, 0.1) is 6.92 Å². The van der Waals surface area contributed by atoms with Gasteiger partial charge in [0, 0.05) is 12.5 Å². The second-order valence-electron chi connectivity index (χ2n) is 5.12. The molecule has 0 saturated carbocycles. The van der Waals surface area contributed by atoms with Crippen molar-refractivity contribution >= 4 is 10.9 Å². The van der Waals surface area contributed by atoms with Crippen molar-refractivity contribution < 1.29 is 0 Å². The molecule has 0 saturated heterocycles. The lowest BCUT2D eigenvalue weighted by Gasteiger charge is -2.16. The number of hydrogen-bond donors (Lipinski definition) is 0. The van der Waals surface area contributed by atoms with Crippen molar-refractivity contribution in [2.24, 2.45) is 0 Å². The van der Waals surface area contributed by atoms with Crippen molar-refractivity contribution in [2.45, 2.75) is 34.8 Å². The summed E-state index contributed by atoms with van der Waals surface area (Å²) in [4.78, 5) is 2.87. The molecule has 0 fully saturated rings. The predicted molar refractivity (Wildman–Crippen MR) is 87.2 cm³/mol. The van der Waals surface area contributed by atoms with Gasteiger partial charge in [0.1, 0.15) is 0 Å². The first-order valence-electron chi connectivity index (χ1n) is 7.10. The molecule has 0 nitrogen and oxygen atoms in total. The molecule has 1 heteroatoms. The fourth-order valence-electron chi connectivity index (χ4n) is 2.51. The predicted octanol–water partition coefficient (Wildman–Crippen LogP) is 4.91. The Labute approximate surface area is 124 Å². The summed E-state index contributed by atoms with van der Waals surface area (Å²) < 4.78 is 0. The lowest BCUT2D eigenvalue weighted by atomic mass is 10.2. The summed E-state index contributed by atoms with van der Waals surface area (Å²) >= 11 is 0. The van der Waals surface area contributed by atoms with E-state index in [0.717, 1.165) is 6.42 Å². The molecule has 0 aromatic heterocycles. The summed E-state index contributed by atoms with van der Waals surface area (Å²) in [6.07, 6.45) is 6.78. The topological polar surface area (TPSA) is 0 Å². The van der Waals surface area contributed by atoms with E-state index >= 15 is 0 Å². The summed E-state index contributed by atoms with van der Waals surface area (Å²) in [6, 6.07) is 19.9. The Hall–Kier alpha value is -1.69. The van der Waals surface area contributed by atoms with E-state index in [4.69, 9.17) is 0 Å². The molecule has 0 aliphatic heterocycles. The molecule has 0 bridgehead atoms. The Kier molecular flexibility index (Phi) is 4.11. The van der Waals surface area contributed by atoms with Crippen LogP contribution >= 0.6 is 0 Å². The SMILES string of the molecule is Cc1ccc([S+](c2ccccc2)C2C=C=CCC2)cc1. The van der Waals surface area contributed by atoms with Crippen LogP contribution in [0.25, 0.3) is 0 Å². The van der Waals surface area contributed by atoms with Gasteiger partial charge in [-0.25, -0.2) is 0 Å².